The van der Waals surface area contributed by atoms with Crippen LogP contribution in [0.15, 0.2) is 18.2 Å². The van der Waals surface area contributed by atoms with Gasteiger partial charge in [-0.15, -0.1) is 0 Å². The average molecular weight is 249 g/mol. The molecule has 0 saturated carbocycles. The molecule has 0 aliphatic carbocycles. The number of Topliss-reactive ketones (excluding diaryl/α,β-unsaturated/α-hetero) is 1. The van der Waals surface area contributed by atoms with E-state index in [0.717, 1.165) is 5.69 Å². The molecule has 5 nitrogen and oxygen atoms in total. The largest absolute Gasteiger partial charge is 0.398 e. The number of nitrogens with one attached hydrogen (secondary N) is 1. The predicted octanol–water partition coefficient (Wildman–Crippen LogP) is 1.54. The summed E-state index contributed by atoms with van der Waals surface area (Å²) in [6.07, 6.45) is 0.201. The van der Waals surface area contributed by atoms with E-state index in [1.54, 1.807) is 18.2 Å². The standard InChI is InChI=1S/C13H19N3O2/c1-8(17)10-6-9(4-5-11(10)14)16-13(2,3)7-12(15)18/h4-6,16H,7,14H2,1-3H3,(H2,15,18). The zero-order valence-corrected chi connectivity index (χ0v) is 10.9. The maximum Gasteiger partial charge on any atom is 0.219 e. The molecular formula is C13H19N3O2. The SMILES string of the molecule is CC(=O)c1cc(NC(C)(C)CC(N)=O)ccc1N. The summed E-state index contributed by atoms with van der Waals surface area (Å²) in [7, 11) is 0. The maximum atomic E-state index is 11.4. The Kier molecular flexibility index (Phi) is 3.96. The lowest BCUT2D eigenvalue weighted by Crippen LogP contribution is -2.36. The van der Waals surface area contributed by atoms with Crippen molar-refractivity contribution in [1.82, 2.24) is 0 Å². The number of carbonyl (C=O) groups is 2. The highest BCUT2D eigenvalue weighted by Gasteiger charge is 2.20. The number of hydrogen-bond acceptors (Lipinski definition) is 4. The van der Waals surface area contributed by atoms with Crippen LogP contribution < -0.4 is 16.8 Å². The molecule has 0 radical (unpaired) electrons. The summed E-state index contributed by atoms with van der Waals surface area (Å²) in [5, 5.41) is 3.16. The van der Waals surface area contributed by atoms with Crippen LogP contribution in [0.4, 0.5) is 11.4 Å². The molecule has 5 heteroatoms. The number of nitrogen functional groups attached to an aromatic ring is 1. The van der Waals surface area contributed by atoms with Crippen LogP contribution >= 0.6 is 0 Å². The van der Waals surface area contributed by atoms with E-state index in [1.807, 2.05) is 13.8 Å². The van der Waals surface area contributed by atoms with Crippen LogP contribution in [-0.2, 0) is 4.79 Å². The first-order chi connectivity index (χ1) is 8.21. The van der Waals surface area contributed by atoms with E-state index in [9.17, 15) is 9.59 Å². The Hall–Kier alpha value is -2.04. The Morgan fingerprint density at radius 2 is 1.94 bits per heavy atom. The molecule has 0 aromatic heterocycles. The van der Waals surface area contributed by atoms with Crippen molar-refractivity contribution in [3.63, 3.8) is 0 Å². The van der Waals surface area contributed by atoms with Crippen LogP contribution in [0.25, 0.3) is 0 Å². The normalized spacial score (nSPS) is 11.1. The number of nitrogens with two attached hydrogens (primary N) is 2. The smallest absolute Gasteiger partial charge is 0.219 e. The fraction of sp³-hybridized carbons (Fsp3) is 0.385. The van der Waals surface area contributed by atoms with Gasteiger partial charge < -0.3 is 16.8 Å². The lowest BCUT2D eigenvalue weighted by atomic mass is 9.99. The van der Waals surface area contributed by atoms with E-state index in [0.29, 0.717) is 11.3 Å². The third-order valence-corrected chi connectivity index (χ3v) is 2.53. The van der Waals surface area contributed by atoms with Crippen molar-refractivity contribution in [2.45, 2.75) is 32.7 Å². The van der Waals surface area contributed by atoms with Crippen LogP contribution in [0.3, 0.4) is 0 Å². The quantitative estimate of drug-likeness (QED) is 0.544. The number of hydrogen-bond donors (Lipinski definition) is 3. The molecule has 0 saturated heterocycles. The van der Waals surface area contributed by atoms with E-state index in [-0.39, 0.29) is 18.1 Å². The Labute approximate surface area is 107 Å². The van der Waals surface area contributed by atoms with E-state index in [2.05, 4.69) is 5.32 Å². The molecule has 0 aliphatic rings. The van der Waals surface area contributed by atoms with Crippen molar-refractivity contribution in [2.24, 2.45) is 5.73 Å². The summed E-state index contributed by atoms with van der Waals surface area (Å²) in [4.78, 5) is 22.3. The van der Waals surface area contributed by atoms with Gasteiger partial charge in [0.05, 0.1) is 0 Å². The fourth-order valence-corrected chi connectivity index (χ4v) is 1.81. The van der Waals surface area contributed by atoms with Gasteiger partial charge in [0, 0.05) is 28.9 Å². The van der Waals surface area contributed by atoms with E-state index < -0.39 is 5.54 Å². The molecule has 1 amide bonds. The molecule has 98 valence electrons. The number of anilines is 2. The topological polar surface area (TPSA) is 98.2 Å². The lowest BCUT2D eigenvalue weighted by Gasteiger charge is -2.26. The van der Waals surface area contributed by atoms with E-state index >= 15 is 0 Å². The van der Waals surface area contributed by atoms with Gasteiger partial charge in [0.2, 0.25) is 5.91 Å². The molecule has 0 spiro atoms. The van der Waals surface area contributed by atoms with Gasteiger partial charge >= 0.3 is 0 Å². The highest BCUT2D eigenvalue weighted by molar-refractivity contribution is 6.00. The predicted molar refractivity (Wildman–Crippen MR) is 72.4 cm³/mol. The first kappa shape index (κ1) is 14.0. The van der Waals surface area contributed by atoms with Crippen molar-refractivity contribution in [3.8, 4) is 0 Å². The first-order valence-electron chi connectivity index (χ1n) is 5.68. The van der Waals surface area contributed by atoms with Gasteiger partial charge in [-0.1, -0.05) is 0 Å². The third-order valence-electron chi connectivity index (χ3n) is 2.53. The van der Waals surface area contributed by atoms with Gasteiger partial charge in [0.25, 0.3) is 0 Å². The van der Waals surface area contributed by atoms with Crippen molar-refractivity contribution >= 4 is 23.1 Å². The zero-order chi connectivity index (χ0) is 13.9. The summed E-state index contributed by atoms with van der Waals surface area (Å²) < 4.78 is 0. The lowest BCUT2D eigenvalue weighted by molar-refractivity contribution is -0.118. The first-order valence-corrected chi connectivity index (χ1v) is 5.68. The van der Waals surface area contributed by atoms with Crippen LogP contribution in [0, 0.1) is 0 Å². The monoisotopic (exact) mass is 249 g/mol. The Morgan fingerprint density at radius 1 is 1.33 bits per heavy atom. The second-order valence-corrected chi connectivity index (χ2v) is 5.01. The minimum absolute atomic E-state index is 0.0937. The van der Waals surface area contributed by atoms with E-state index in [1.165, 1.54) is 6.92 Å². The molecule has 1 aromatic carbocycles. The van der Waals surface area contributed by atoms with Crippen LogP contribution in [0.1, 0.15) is 37.6 Å². The summed E-state index contributed by atoms with van der Waals surface area (Å²) in [6, 6.07) is 5.12. The summed E-state index contributed by atoms with van der Waals surface area (Å²) >= 11 is 0. The second kappa shape index (κ2) is 5.08. The number of rotatable bonds is 5. The highest BCUT2D eigenvalue weighted by Crippen LogP contribution is 2.22. The van der Waals surface area contributed by atoms with Crippen LogP contribution in [-0.4, -0.2) is 17.2 Å². The maximum absolute atomic E-state index is 11.4. The van der Waals surface area contributed by atoms with Gasteiger partial charge in [0.1, 0.15) is 0 Å². The molecule has 0 atom stereocenters. The Morgan fingerprint density at radius 3 is 2.44 bits per heavy atom. The summed E-state index contributed by atoms with van der Waals surface area (Å²) in [5.41, 5.74) is 12.1. The number of benzene rings is 1. The van der Waals surface area contributed by atoms with Crippen molar-refractivity contribution < 1.29 is 9.59 Å². The van der Waals surface area contributed by atoms with Gasteiger partial charge in [-0.25, -0.2) is 0 Å². The molecule has 1 aromatic rings. The van der Waals surface area contributed by atoms with Crippen LogP contribution in [0.2, 0.25) is 0 Å². The number of ketones is 1. The van der Waals surface area contributed by atoms with Crippen molar-refractivity contribution in [2.75, 3.05) is 11.1 Å². The number of carbonyl (C=O) groups excluding carboxylic acids is 2. The second-order valence-electron chi connectivity index (χ2n) is 5.01. The molecule has 0 bridgehead atoms. The molecule has 1 rings (SSSR count). The van der Waals surface area contributed by atoms with Gasteiger partial charge in [-0.2, -0.15) is 0 Å². The molecule has 0 fully saturated rings. The molecule has 5 N–H and O–H groups in total. The molecule has 0 heterocycles. The Balaban J connectivity index is 2.95. The van der Waals surface area contributed by atoms with Gasteiger partial charge in [-0.05, 0) is 39.0 Å². The third kappa shape index (κ3) is 3.76. The minimum Gasteiger partial charge on any atom is -0.398 e. The Bertz CT molecular complexity index is 481. The molecule has 0 aliphatic heterocycles. The molecular weight excluding hydrogens is 230 g/mol. The summed E-state index contributed by atoms with van der Waals surface area (Å²) in [5.74, 6) is -0.474. The minimum atomic E-state index is -0.476. The van der Waals surface area contributed by atoms with Gasteiger partial charge in [-0.3, -0.25) is 9.59 Å². The van der Waals surface area contributed by atoms with Gasteiger partial charge in [0.15, 0.2) is 5.78 Å². The molecule has 18 heavy (non-hydrogen) atoms. The van der Waals surface area contributed by atoms with Crippen molar-refractivity contribution in [1.29, 1.82) is 0 Å². The summed E-state index contributed by atoms with van der Waals surface area (Å²) in [6.45, 7) is 5.19. The average Bonchev–Trinajstić information content (AvgIpc) is 2.18. The van der Waals surface area contributed by atoms with E-state index in [4.69, 9.17) is 11.5 Å². The highest BCUT2D eigenvalue weighted by atomic mass is 16.1. The molecule has 0 unspecified atom stereocenters. The van der Waals surface area contributed by atoms with Crippen molar-refractivity contribution in [3.05, 3.63) is 23.8 Å². The zero-order valence-electron chi connectivity index (χ0n) is 10.9. The fourth-order valence-electron chi connectivity index (χ4n) is 1.81. The van der Waals surface area contributed by atoms with Crippen LogP contribution in [0.5, 0.6) is 0 Å². The number of amides is 1. The number of primary amides is 1.